The average molecular weight is 193 g/mol. The minimum Gasteiger partial charge on any atom is -0.157 e. The molecule has 0 bridgehead atoms. The van der Waals surface area contributed by atoms with Crippen LogP contribution in [-0.2, 0) is 5.75 Å². The van der Waals surface area contributed by atoms with Crippen LogP contribution in [0.15, 0.2) is 35.4 Å². The van der Waals surface area contributed by atoms with Gasteiger partial charge in [-0.1, -0.05) is 35.4 Å². The summed E-state index contributed by atoms with van der Waals surface area (Å²) in [7, 11) is 0. The average Bonchev–Trinajstić information content (AvgIpc) is 2.19. The molecular weight excluding hydrogens is 182 g/mol. The summed E-state index contributed by atoms with van der Waals surface area (Å²) in [5.41, 5.74) is 9.35. The molecule has 1 aromatic carbocycles. The summed E-state index contributed by atoms with van der Waals surface area (Å²) >= 11 is 1.78. The third kappa shape index (κ3) is 4.45. The van der Waals surface area contributed by atoms with Crippen molar-refractivity contribution in [1.29, 1.82) is 0 Å². The molecule has 0 atom stereocenters. The maximum atomic E-state index is 8.03. The minimum atomic E-state index is 0.577. The number of azide groups is 1. The van der Waals surface area contributed by atoms with Gasteiger partial charge in [-0.3, -0.25) is 0 Å². The molecular formula is C9H11N3S. The van der Waals surface area contributed by atoms with E-state index in [4.69, 9.17) is 5.53 Å². The number of thioether (sulfide) groups is 1. The maximum absolute atomic E-state index is 8.03. The Morgan fingerprint density at radius 3 is 2.77 bits per heavy atom. The molecule has 3 nitrogen and oxygen atoms in total. The minimum absolute atomic E-state index is 0.577. The normalized spacial score (nSPS) is 9.23. The topological polar surface area (TPSA) is 48.8 Å². The van der Waals surface area contributed by atoms with Crippen LogP contribution in [0, 0.1) is 0 Å². The fourth-order valence-electron chi connectivity index (χ4n) is 0.914. The Balaban J connectivity index is 2.17. The molecule has 0 spiro atoms. The Morgan fingerprint density at radius 1 is 1.31 bits per heavy atom. The summed E-state index contributed by atoms with van der Waals surface area (Å²) in [6.07, 6.45) is 0. The van der Waals surface area contributed by atoms with Gasteiger partial charge in [-0.15, -0.1) is 0 Å². The Hall–Kier alpha value is -1.12. The summed E-state index contributed by atoms with van der Waals surface area (Å²) in [5.74, 6) is 1.88. The van der Waals surface area contributed by atoms with Gasteiger partial charge >= 0.3 is 0 Å². The highest BCUT2D eigenvalue weighted by molar-refractivity contribution is 7.98. The summed E-state index contributed by atoms with van der Waals surface area (Å²) in [6, 6.07) is 10.3. The van der Waals surface area contributed by atoms with Gasteiger partial charge in [0.05, 0.1) is 0 Å². The van der Waals surface area contributed by atoms with Gasteiger partial charge in [0.2, 0.25) is 0 Å². The Bertz CT molecular complexity index is 280. The first-order valence-electron chi connectivity index (χ1n) is 4.06. The smallest absolute Gasteiger partial charge is 0.0348 e. The second-order valence-corrected chi connectivity index (χ2v) is 3.60. The van der Waals surface area contributed by atoms with Gasteiger partial charge in [-0.2, -0.15) is 11.8 Å². The van der Waals surface area contributed by atoms with Gasteiger partial charge in [-0.25, -0.2) is 0 Å². The molecule has 0 amide bonds. The molecule has 0 aliphatic heterocycles. The van der Waals surface area contributed by atoms with Crippen molar-refractivity contribution < 1.29 is 0 Å². The number of rotatable bonds is 5. The molecule has 0 radical (unpaired) electrons. The zero-order valence-corrected chi connectivity index (χ0v) is 8.07. The molecule has 0 unspecified atom stereocenters. The number of benzene rings is 1. The van der Waals surface area contributed by atoms with Crippen LogP contribution in [0.3, 0.4) is 0 Å². The first-order valence-corrected chi connectivity index (χ1v) is 5.21. The molecule has 1 rings (SSSR count). The van der Waals surface area contributed by atoms with Crippen LogP contribution >= 0.6 is 11.8 Å². The van der Waals surface area contributed by atoms with E-state index in [9.17, 15) is 0 Å². The number of nitrogens with zero attached hydrogens (tertiary/aromatic N) is 3. The lowest BCUT2D eigenvalue weighted by molar-refractivity contribution is 1.12. The summed E-state index contributed by atoms with van der Waals surface area (Å²) in [4.78, 5) is 2.69. The molecule has 68 valence electrons. The van der Waals surface area contributed by atoms with Crippen LogP contribution < -0.4 is 0 Å². The number of hydrogen-bond donors (Lipinski definition) is 0. The molecule has 4 heteroatoms. The van der Waals surface area contributed by atoms with Crippen molar-refractivity contribution in [1.82, 2.24) is 0 Å². The predicted molar refractivity (Wildman–Crippen MR) is 56.6 cm³/mol. The standard InChI is InChI=1S/C9H11N3S/c10-12-11-6-7-13-8-9-4-2-1-3-5-9/h1-5H,6-8H2. The zero-order chi connectivity index (χ0) is 9.36. The zero-order valence-electron chi connectivity index (χ0n) is 7.26. The number of hydrogen-bond acceptors (Lipinski definition) is 2. The monoisotopic (exact) mass is 193 g/mol. The summed E-state index contributed by atoms with van der Waals surface area (Å²) < 4.78 is 0. The predicted octanol–water partition coefficient (Wildman–Crippen LogP) is 3.23. The fourth-order valence-corrected chi connectivity index (χ4v) is 1.70. The third-order valence-electron chi connectivity index (χ3n) is 1.51. The fraction of sp³-hybridized carbons (Fsp3) is 0.333. The van der Waals surface area contributed by atoms with Crippen molar-refractivity contribution in [2.45, 2.75) is 5.75 Å². The van der Waals surface area contributed by atoms with Crippen LogP contribution in [0.2, 0.25) is 0 Å². The van der Waals surface area contributed by atoms with E-state index in [-0.39, 0.29) is 0 Å². The Labute approximate surface area is 81.8 Å². The molecule has 0 N–H and O–H groups in total. The van der Waals surface area contributed by atoms with Crippen LogP contribution in [0.25, 0.3) is 10.4 Å². The molecule has 0 fully saturated rings. The molecule has 0 aliphatic rings. The van der Waals surface area contributed by atoms with Gasteiger partial charge in [0.25, 0.3) is 0 Å². The van der Waals surface area contributed by atoms with E-state index < -0.39 is 0 Å². The largest absolute Gasteiger partial charge is 0.157 e. The van der Waals surface area contributed by atoms with E-state index in [0.717, 1.165) is 11.5 Å². The third-order valence-corrected chi connectivity index (χ3v) is 2.52. The van der Waals surface area contributed by atoms with Gasteiger partial charge in [0.15, 0.2) is 0 Å². The lowest BCUT2D eigenvalue weighted by Gasteiger charge is -1.98. The van der Waals surface area contributed by atoms with E-state index in [1.54, 1.807) is 11.8 Å². The van der Waals surface area contributed by atoms with Crippen LogP contribution in [0.4, 0.5) is 0 Å². The quantitative estimate of drug-likeness (QED) is 0.306. The highest BCUT2D eigenvalue weighted by atomic mass is 32.2. The van der Waals surface area contributed by atoms with Crippen molar-refractivity contribution >= 4 is 11.8 Å². The highest BCUT2D eigenvalue weighted by Crippen LogP contribution is 2.10. The second-order valence-electron chi connectivity index (χ2n) is 2.49. The SMILES string of the molecule is [N-]=[N+]=NCCSCc1ccccc1. The molecule has 0 saturated heterocycles. The molecule has 1 aromatic rings. The van der Waals surface area contributed by atoms with Crippen molar-refractivity contribution in [3.8, 4) is 0 Å². The second kappa shape index (κ2) is 6.40. The maximum Gasteiger partial charge on any atom is 0.0348 e. The van der Waals surface area contributed by atoms with Gasteiger partial charge in [0, 0.05) is 17.2 Å². The van der Waals surface area contributed by atoms with Crippen molar-refractivity contribution in [3.05, 3.63) is 46.3 Å². The van der Waals surface area contributed by atoms with E-state index in [1.165, 1.54) is 5.56 Å². The van der Waals surface area contributed by atoms with Crippen LogP contribution in [0.1, 0.15) is 5.56 Å². The lowest BCUT2D eigenvalue weighted by Crippen LogP contribution is -1.85. The van der Waals surface area contributed by atoms with Gasteiger partial charge < -0.3 is 0 Å². The van der Waals surface area contributed by atoms with Crippen molar-refractivity contribution in [2.75, 3.05) is 12.3 Å². The molecule has 13 heavy (non-hydrogen) atoms. The first-order chi connectivity index (χ1) is 6.43. The van der Waals surface area contributed by atoms with Gasteiger partial charge in [-0.05, 0) is 16.8 Å². The summed E-state index contributed by atoms with van der Waals surface area (Å²) in [5, 5.41) is 3.46. The Morgan fingerprint density at radius 2 is 2.08 bits per heavy atom. The van der Waals surface area contributed by atoms with E-state index >= 15 is 0 Å². The lowest BCUT2D eigenvalue weighted by atomic mass is 10.2. The first kappa shape index (κ1) is 9.96. The molecule has 0 heterocycles. The Kier molecular flexibility index (Phi) is 4.91. The molecule has 0 aliphatic carbocycles. The van der Waals surface area contributed by atoms with Crippen molar-refractivity contribution in [2.24, 2.45) is 5.11 Å². The van der Waals surface area contributed by atoms with Crippen LogP contribution in [0.5, 0.6) is 0 Å². The van der Waals surface area contributed by atoms with E-state index in [1.807, 2.05) is 18.2 Å². The van der Waals surface area contributed by atoms with Crippen molar-refractivity contribution in [3.63, 3.8) is 0 Å². The molecule has 0 saturated carbocycles. The van der Waals surface area contributed by atoms with E-state index in [2.05, 4.69) is 22.2 Å². The van der Waals surface area contributed by atoms with Gasteiger partial charge in [0.1, 0.15) is 0 Å². The highest BCUT2D eigenvalue weighted by Gasteiger charge is 1.90. The summed E-state index contributed by atoms with van der Waals surface area (Å²) in [6.45, 7) is 0.577. The van der Waals surface area contributed by atoms with Crippen LogP contribution in [-0.4, -0.2) is 12.3 Å². The van der Waals surface area contributed by atoms with E-state index in [0.29, 0.717) is 6.54 Å². The molecule has 0 aromatic heterocycles.